The van der Waals surface area contributed by atoms with Crippen LogP contribution < -0.4 is 4.74 Å². The van der Waals surface area contributed by atoms with Gasteiger partial charge in [-0.05, 0) is 36.4 Å². The van der Waals surface area contributed by atoms with Gasteiger partial charge in [-0.1, -0.05) is 6.07 Å². The van der Waals surface area contributed by atoms with E-state index in [9.17, 15) is 14.3 Å². The van der Waals surface area contributed by atoms with Crippen molar-refractivity contribution >= 4 is 17.1 Å². The monoisotopic (exact) mass is 406 g/mol. The van der Waals surface area contributed by atoms with Gasteiger partial charge >= 0.3 is 0 Å². The maximum Gasteiger partial charge on any atom is 0.169 e. The molecule has 28 heavy (non-hydrogen) atoms. The fraction of sp³-hybridized carbons (Fsp3) is 0.476. The zero-order chi connectivity index (χ0) is 20.1. The first-order valence-electron chi connectivity index (χ1n) is 9.48. The van der Waals surface area contributed by atoms with Crippen molar-refractivity contribution in [1.29, 1.82) is 0 Å². The molecular weight excluding hydrogens is 379 g/mol. The molecule has 1 atom stereocenters. The number of benzene rings is 1. The lowest BCUT2D eigenvalue weighted by Gasteiger charge is -2.41. The van der Waals surface area contributed by atoms with E-state index >= 15 is 0 Å². The molecule has 7 heteroatoms. The molecule has 1 fully saturated rings. The predicted molar refractivity (Wildman–Crippen MR) is 108 cm³/mol. The number of methoxy groups -OCH3 is 1. The number of aliphatic hydroxyl groups excluding tert-OH is 1. The third-order valence-electron chi connectivity index (χ3n) is 5.19. The summed E-state index contributed by atoms with van der Waals surface area (Å²) in [4.78, 5) is 16.9. The molecule has 152 valence electrons. The summed E-state index contributed by atoms with van der Waals surface area (Å²) in [5.41, 5.74) is 1.79. The molecule has 1 saturated heterocycles. The molecule has 1 aliphatic rings. The highest BCUT2D eigenvalue weighted by Crippen LogP contribution is 2.23. The van der Waals surface area contributed by atoms with Gasteiger partial charge in [0.05, 0.1) is 12.0 Å². The molecule has 0 spiro atoms. The topological polar surface area (TPSA) is 53.0 Å². The number of ketones is 1. The number of hydrogen-bond acceptors (Lipinski definition) is 6. The average molecular weight is 407 g/mol. The first-order chi connectivity index (χ1) is 13.5. The number of carbonyl (C=O) groups excluding carboxylic acids is 1. The van der Waals surface area contributed by atoms with Gasteiger partial charge in [-0.25, -0.2) is 4.39 Å². The lowest BCUT2D eigenvalue weighted by atomic mass is 10.1. The molecule has 3 rings (SSSR count). The minimum atomic E-state index is -0.264. The van der Waals surface area contributed by atoms with Gasteiger partial charge < -0.3 is 9.84 Å². The SMILES string of the molecule is COc1ccc(CN2CCN(Cc3csc(C(C)=O)c3)CC2CCO)c(F)c1. The van der Waals surface area contributed by atoms with Crippen molar-refractivity contribution in [2.75, 3.05) is 33.4 Å². The molecule has 5 nitrogen and oxygen atoms in total. The van der Waals surface area contributed by atoms with Crippen LogP contribution in [-0.2, 0) is 13.1 Å². The summed E-state index contributed by atoms with van der Waals surface area (Å²) >= 11 is 1.49. The minimum Gasteiger partial charge on any atom is -0.497 e. The van der Waals surface area contributed by atoms with Crippen molar-refractivity contribution in [2.24, 2.45) is 0 Å². The minimum absolute atomic E-state index is 0.0979. The van der Waals surface area contributed by atoms with Gasteiger partial charge in [0, 0.05) is 57.0 Å². The molecule has 0 bridgehead atoms. The number of piperazine rings is 1. The van der Waals surface area contributed by atoms with Crippen LogP contribution in [0, 0.1) is 5.82 Å². The second kappa shape index (κ2) is 9.60. The standard InChI is InChI=1S/C21H27FN2O3S/c1-15(26)21-9-16(14-28-21)11-23-6-7-24(18(13-23)5-8-25)12-17-3-4-19(27-2)10-20(17)22/h3-4,9-10,14,18,25H,5-8,11-13H2,1-2H3. The summed E-state index contributed by atoms with van der Waals surface area (Å²) in [6.45, 7) is 5.48. The van der Waals surface area contributed by atoms with Gasteiger partial charge in [0.25, 0.3) is 0 Å². The van der Waals surface area contributed by atoms with Crippen LogP contribution in [0.15, 0.2) is 29.6 Å². The highest BCUT2D eigenvalue weighted by Gasteiger charge is 2.27. The van der Waals surface area contributed by atoms with Crippen molar-refractivity contribution in [1.82, 2.24) is 9.80 Å². The fourth-order valence-electron chi connectivity index (χ4n) is 3.64. The lowest BCUT2D eigenvalue weighted by molar-refractivity contribution is 0.0493. The molecule has 2 heterocycles. The second-order valence-corrected chi connectivity index (χ2v) is 8.12. The molecule has 0 amide bonds. The van der Waals surface area contributed by atoms with Crippen LogP contribution in [0.5, 0.6) is 5.75 Å². The van der Waals surface area contributed by atoms with Crippen molar-refractivity contribution in [2.45, 2.75) is 32.5 Å². The Morgan fingerprint density at radius 1 is 1.32 bits per heavy atom. The van der Waals surface area contributed by atoms with Crippen LogP contribution >= 0.6 is 11.3 Å². The van der Waals surface area contributed by atoms with E-state index in [0.29, 0.717) is 24.3 Å². The van der Waals surface area contributed by atoms with E-state index in [4.69, 9.17) is 4.74 Å². The number of ether oxygens (including phenoxy) is 1. The van der Waals surface area contributed by atoms with Crippen molar-refractivity contribution in [3.8, 4) is 5.75 Å². The van der Waals surface area contributed by atoms with Gasteiger partial charge in [-0.2, -0.15) is 0 Å². The summed E-state index contributed by atoms with van der Waals surface area (Å²) < 4.78 is 19.4. The molecule has 0 radical (unpaired) electrons. The molecular formula is C21H27FN2O3S. The molecule has 0 aliphatic carbocycles. The Balaban J connectivity index is 1.64. The Morgan fingerprint density at radius 3 is 2.79 bits per heavy atom. The zero-order valence-electron chi connectivity index (χ0n) is 16.4. The van der Waals surface area contributed by atoms with E-state index in [1.165, 1.54) is 24.5 Å². The number of nitrogens with zero attached hydrogens (tertiary/aromatic N) is 2. The molecule has 2 aromatic rings. The average Bonchev–Trinajstić information content (AvgIpc) is 3.14. The van der Waals surface area contributed by atoms with E-state index < -0.39 is 0 Å². The summed E-state index contributed by atoms with van der Waals surface area (Å²) in [5, 5.41) is 11.5. The first kappa shape index (κ1) is 20.9. The highest BCUT2D eigenvalue weighted by atomic mass is 32.1. The zero-order valence-corrected chi connectivity index (χ0v) is 17.2. The molecule has 1 unspecified atom stereocenters. The third kappa shape index (κ3) is 5.17. The van der Waals surface area contributed by atoms with Crippen LogP contribution in [0.25, 0.3) is 0 Å². The molecule has 1 N–H and O–H groups in total. The van der Waals surface area contributed by atoms with Crippen molar-refractivity contribution in [3.05, 3.63) is 51.5 Å². The van der Waals surface area contributed by atoms with E-state index in [1.807, 2.05) is 11.4 Å². The molecule has 1 aromatic carbocycles. The highest BCUT2D eigenvalue weighted by molar-refractivity contribution is 7.12. The van der Waals surface area contributed by atoms with Crippen molar-refractivity contribution in [3.63, 3.8) is 0 Å². The van der Waals surface area contributed by atoms with Gasteiger partial charge in [-0.3, -0.25) is 14.6 Å². The van der Waals surface area contributed by atoms with E-state index in [1.54, 1.807) is 19.1 Å². The van der Waals surface area contributed by atoms with Gasteiger partial charge in [0.1, 0.15) is 11.6 Å². The largest absolute Gasteiger partial charge is 0.497 e. The Bertz CT molecular complexity index is 811. The summed E-state index contributed by atoms with van der Waals surface area (Å²) in [5.74, 6) is 0.346. The Kier molecular flexibility index (Phi) is 7.18. The Labute approximate surface area is 169 Å². The fourth-order valence-corrected chi connectivity index (χ4v) is 4.44. The number of carbonyl (C=O) groups is 1. The number of aliphatic hydroxyl groups is 1. The van der Waals surface area contributed by atoms with Crippen LogP contribution in [0.1, 0.15) is 34.1 Å². The molecule has 0 saturated carbocycles. The first-order valence-corrected chi connectivity index (χ1v) is 10.4. The van der Waals surface area contributed by atoms with E-state index in [2.05, 4.69) is 9.80 Å². The molecule has 1 aliphatic heterocycles. The summed E-state index contributed by atoms with van der Waals surface area (Å²) in [7, 11) is 1.53. The van der Waals surface area contributed by atoms with Crippen molar-refractivity contribution < 1.29 is 19.0 Å². The van der Waals surface area contributed by atoms with Gasteiger partial charge in [-0.15, -0.1) is 11.3 Å². The normalized spacial score (nSPS) is 18.4. The predicted octanol–water partition coefficient (Wildman–Crippen LogP) is 3.17. The second-order valence-electron chi connectivity index (χ2n) is 7.20. The lowest BCUT2D eigenvalue weighted by Crippen LogP contribution is -2.52. The Hall–Kier alpha value is -1.80. The van der Waals surface area contributed by atoms with Crippen LogP contribution in [-0.4, -0.2) is 60.1 Å². The number of thiophene rings is 1. The quantitative estimate of drug-likeness (QED) is 0.683. The Morgan fingerprint density at radius 2 is 2.14 bits per heavy atom. The number of rotatable bonds is 8. The smallest absolute Gasteiger partial charge is 0.169 e. The number of Topliss-reactive ketones (excluding diaryl/α,β-unsaturated/α-hetero) is 1. The van der Waals surface area contributed by atoms with E-state index in [-0.39, 0.29) is 24.2 Å². The van der Waals surface area contributed by atoms with Gasteiger partial charge in [0.2, 0.25) is 0 Å². The number of halogens is 1. The number of hydrogen-bond donors (Lipinski definition) is 1. The maximum atomic E-state index is 14.3. The van der Waals surface area contributed by atoms with Crippen LogP contribution in [0.2, 0.25) is 0 Å². The van der Waals surface area contributed by atoms with E-state index in [0.717, 1.165) is 36.6 Å². The summed E-state index contributed by atoms with van der Waals surface area (Å²) in [6.07, 6.45) is 0.649. The van der Waals surface area contributed by atoms with Gasteiger partial charge in [0.15, 0.2) is 5.78 Å². The maximum absolute atomic E-state index is 14.3. The van der Waals surface area contributed by atoms with Crippen LogP contribution in [0.4, 0.5) is 4.39 Å². The van der Waals surface area contributed by atoms with Crippen LogP contribution in [0.3, 0.4) is 0 Å². The third-order valence-corrected chi connectivity index (χ3v) is 6.27. The molecule has 1 aromatic heterocycles. The summed E-state index contributed by atoms with van der Waals surface area (Å²) in [6, 6.07) is 7.08.